The highest BCUT2D eigenvalue weighted by Gasteiger charge is 2.22. The van der Waals surface area contributed by atoms with Gasteiger partial charge in [-0.25, -0.2) is 13.8 Å². The first-order valence-electron chi connectivity index (χ1n) is 10.4. The van der Waals surface area contributed by atoms with E-state index in [2.05, 4.69) is 25.3 Å². The smallest absolute Gasteiger partial charge is 0.264 e. The van der Waals surface area contributed by atoms with Crippen LogP contribution in [0.2, 0.25) is 0 Å². The molecule has 3 aromatic heterocycles. The van der Waals surface area contributed by atoms with Crippen LogP contribution in [0.25, 0.3) is 22.4 Å². The molecule has 1 aromatic carbocycles. The minimum Gasteiger partial charge on any atom is -0.378 e. The molecule has 0 unspecified atom stereocenters. The number of ether oxygens (including phenoxy) is 1. The van der Waals surface area contributed by atoms with E-state index in [9.17, 15) is 13.6 Å². The molecule has 8 nitrogen and oxygen atoms in total. The second kappa shape index (κ2) is 8.91. The molecule has 1 amide bonds. The Morgan fingerprint density at radius 2 is 1.97 bits per heavy atom. The van der Waals surface area contributed by atoms with Crippen molar-refractivity contribution in [2.24, 2.45) is 0 Å². The number of nitrogens with zero attached hydrogens (tertiary/aromatic N) is 4. The number of fused-ring (bicyclic) bond motifs is 1. The lowest BCUT2D eigenvalue weighted by Gasteiger charge is -2.29. The van der Waals surface area contributed by atoms with Gasteiger partial charge in [-0.05, 0) is 30.3 Å². The number of H-pyrrole nitrogens is 1. The van der Waals surface area contributed by atoms with Crippen LogP contribution >= 0.6 is 0 Å². The number of benzene rings is 1. The van der Waals surface area contributed by atoms with Crippen molar-refractivity contribution in [3.63, 3.8) is 0 Å². The average molecular weight is 450 g/mol. The minimum absolute atomic E-state index is 0.132. The van der Waals surface area contributed by atoms with Crippen molar-refractivity contribution in [2.45, 2.75) is 6.43 Å². The number of nitrogens with one attached hydrogen (secondary N) is 2. The molecule has 1 fully saturated rings. The van der Waals surface area contributed by atoms with Gasteiger partial charge >= 0.3 is 0 Å². The molecule has 0 radical (unpaired) electrons. The number of aromatic nitrogens is 4. The van der Waals surface area contributed by atoms with Gasteiger partial charge in [-0.15, -0.1) is 0 Å². The largest absolute Gasteiger partial charge is 0.378 e. The maximum absolute atomic E-state index is 14.0. The molecule has 168 valence electrons. The summed E-state index contributed by atoms with van der Waals surface area (Å²) in [5, 5.41) is 2.74. The van der Waals surface area contributed by atoms with E-state index in [-0.39, 0.29) is 22.5 Å². The van der Waals surface area contributed by atoms with Crippen LogP contribution < -0.4 is 10.2 Å². The predicted molar refractivity (Wildman–Crippen MR) is 120 cm³/mol. The Bertz CT molecular complexity index is 1290. The molecular weight excluding hydrogens is 430 g/mol. The Labute approximate surface area is 187 Å². The summed E-state index contributed by atoms with van der Waals surface area (Å²) < 4.78 is 33.3. The van der Waals surface area contributed by atoms with Crippen LogP contribution in [0.15, 0.2) is 55.1 Å². The number of halogens is 2. The number of anilines is 2. The number of pyridine rings is 2. The summed E-state index contributed by atoms with van der Waals surface area (Å²) in [7, 11) is 0. The van der Waals surface area contributed by atoms with Gasteiger partial charge in [0.15, 0.2) is 0 Å². The molecule has 0 bridgehead atoms. The Balaban J connectivity index is 1.51. The van der Waals surface area contributed by atoms with Gasteiger partial charge in [0.1, 0.15) is 11.3 Å². The molecule has 4 heterocycles. The van der Waals surface area contributed by atoms with Gasteiger partial charge in [0.2, 0.25) is 0 Å². The Kier molecular flexibility index (Phi) is 5.66. The van der Waals surface area contributed by atoms with Crippen molar-refractivity contribution in [1.29, 1.82) is 0 Å². The average Bonchev–Trinajstić information content (AvgIpc) is 3.29. The zero-order valence-corrected chi connectivity index (χ0v) is 17.5. The van der Waals surface area contributed by atoms with E-state index in [1.165, 1.54) is 24.7 Å². The van der Waals surface area contributed by atoms with Crippen LogP contribution in [0, 0.1) is 0 Å². The second-order valence-corrected chi connectivity index (χ2v) is 7.54. The van der Waals surface area contributed by atoms with Gasteiger partial charge in [-0.3, -0.25) is 14.8 Å². The molecule has 0 aliphatic carbocycles. The maximum Gasteiger partial charge on any atom is 0.264 e. The van der Waals surface area contributed by atoms with Crippen LogP contribution in [-0.2, 0) is 4.74 Å². The fourth-order valence-corrected chi connectivity index (χ4v) is 3.83. The third-order valence-corrected chi connectivity index (χ3v) is 5.46. The van der Waals surface area contributed by atoms with E-state index in [1.54, 1.807) is 30.5 Å². The van der Waals surface area contributed by atoms with Crippen LogP contribution in [0.4, 0.5) is 20.2 Å². The SMILES string of the molecule is O=C(Nc1cccnc1)c1cncc2[nH]c(-c3ccc(N4CCOCC4)cc3C(F)F)nc12. The number of morpholine rings is 1. The third-order valence-electron chi connectivity index (χ3n) is 5.46. The number of aromatic amines is 1. The summed E-state index contributed by atoms with van der Waals surface area (Å²) >= 11 is 0. The fourth-order valence-electron chi connectivity index (χ4n) is 3.83. The molecule has 33 heavy (non-hydrogen) atoms. The monoisotopic (exact) mass is 450 g/mol. The number of carbonyl (C=O) groups excluding carboxylic acids is 1. The predicted octanol–water partition coefficient (Wildman–Crippen LogP) is 4.05. The van der Waals surface area contributed by atoms with E-state index in [0.29, 0.717) is 48.7 Å². The van der Waals surface area contributed by atoms with Gasteiger partial charge in [0.05, 0.1) is 42.4 Å². The maximum atomic E-state index is 14.0. The van der Waals surface area contributed by atoms with Gasteiger partial charge < -0.3 is 19.9 Å². The number of imidazole rings is 1. The summed E-state index contributed by atoms with van der Waals surface area (Å²) in [6.45, 7) is 2.42. The number of hydrogen-bond donors (Lipinski definition) is 2. The first kappa shape index (κ1) is 21.0. The number of hydrogen-bond acceptors (Lipinski definition) is 6. The zero-order valence-electron chi connectivity index (χ0n) is 17.5. The van der Waals surface area contributed by atoms with Crippen molar-refractivity contribution in [1.82, 2.24) is 19.9 Å². The molecule has 4 aromatic rings. The van der Waals surface area contributed by atoms with Gasteiger partial charge in [0.25, 0.3) is 12.3 Å². The molecule has 0 spiro atoms. The summed E-state index contributed by atoms with van der Waals surface area (Å²) in [6, 6.07) is 8.33. The summed E-state index contributed by atoms with van der Waals surface area (Å²) in [6.07, 6.45) is 3.33. The lowest BCUT2D eigenvalue weighted by Crippen LogP contribution is -2.36. The topological polar surface area (TPSA) is 96.0 Å². The Morgan fingerprint density at radius 3 is 2.73 bits per heavy atom. The lowest BCUT2D eigenvalue weighted by atomic mass is 10.1. The normalized spacial score (nSPS) is 14.1. The summed E-state index contributed by atoms with van der Waals surface area (Å²) in [5.41, 5.74) is 2.42. The highest BCUT2D eigenvalue weighted by molar-refractivity contribution is 6.11. The van der Waals surface area contributed by atoms with E-state index < -0.39 is 12.3 Å². The molecule has 2 N–H and O–H groups in total. The van der Waals surface area contributed by atoms with E-state index in [4.69, 9.17) is 4.74 Å². The summed E-state index contributed by atoms with van der Waals surface area (Å²) in [4.78, 5) is 30.4. The first-order valence-corrected chi connectivity index (χ1v) is 10.4. The molecule has 1 saturated heterocycles. The standard InChI is InChI=1S/C23H20F2N6O2/c24-21(25)17-10-15(31-6-8-33-9-7-31)3-4-16(17)22-29-19-13-27-12-18(20(19)30-22)23(32)28-14-2-1-5-26-11-14/h1-5,10-13,21H,6-9H2,(H,28,32)(H,29,30). The molecule has 0 atom stereocenters. The number of rotatable bonds is 5. The third kappa shape index (κ3) is 4.24. The fraction of sp³-hybridized carbons (Fsp3) is 0.217. The van der Waals surface area contributed by atoms with E-state index in [0.717, 1.165) is 0 Å². The molecule has 5 rings (SSSR count). The molecule has 0 saturated carbocycles. The Morgan fingerprint density at radius 1 is 1.12 bits per heavy atom. The van der Waals surface area contributed by atoms with E-state index in [1.807, 2.05) is 4.90 Å². The Hall–Kier alpha value is -3.92. The number of alkyl halides is 2. The van der Waals surface area contributed by atoms with Crippen LogP contribution in [-0.4, -0.2) is 52.1 Å². The first-order chi connectivity index (χ1) is 16.1. The number of carbonyl (C=O) groups is 1. The van der Waals surface area contributed by atoms with Crippen molar-refractivity contribution in [2.75, 3.05) is 36.5 Å². The van der Waals surface area contributed by atoms with Crippen molar-refractivity contribution in [3.05, 3.63) is 66.2 Å². The van der Waals surface area contributed by atoms with Crippen LogP contribution in [0.1, 0.15) is 22.3 Å². The zero-order chi connectivity index (χ0) is 22.8. The van der Waals surface area contributed by atoms with Crippen molar-refractivity contribution in [3.8, 4) is 11.4 Å². The molecule has 1 aliphatic heterocycles. The highest BCUT2D eigenvalue weighted by atomic mass is 19.3. The van der Waals surface area contributed by atoms with Crippen molar-refractivity contribution >= 4 is 28.3 Å². The summed E-state index contributed by atoms with van der Waals surface area (Å²) in [5.74, 6) is -0.173. The number of amides is 1. The second-order valence-electron chi connectivity index (χ2n) is 7.54. The van der Waals surface area contributed by atoms with Gasteiger partial charge in [-0.1, -0.05) is 0 Å². The quantitative estimate of drug-likeness (QED) is 0.476. The van der Waals surface area contributed by atoms with Crippen LogP contribution in [0.3, 0.4) is 0 Å². The van der Waals surface area contributed by atoms with Gasteiger partial charge in [-0.2, -0.15) is 0 Å². The highest BCUT2D eigenvalue weighted by Crippen LogP contribution is 2.34. The molecule has 1 aliphatic rings. The van der Waals surface area contributed by atoms with Crippen molar-refractivity contribution < 1.29 is 18.3 Å². The molecular formula is C23H20F2N6O2. The van der Waals surface area contributed by atoms with Gasteiger partial charge in [0, 0.05) is 42.3 Å². The van der Waals surface area contributed by atoms with Crippen LogP contribution in [0.5, 0.6) is 0 Å². The lowest BCUT2D eigenvalue weighted by molar-refractivity contribution is 0.102. The molecule has 10 heteroatoms. The minimum atomic E-state index is -2.69. The van der Waals surface area contributed by atoms with E-state index >= 15 is 0 Å².